The molecule has 0 amide bonds. The first-order valence-electron chi connectivity index (χ1n) is 7.85. The number of rotatable bonds is 7. The largest absolute Gasteiger partial charge is 0.456 e. The maximum Gasteiger partial charge on any atom is 0.306 e. The van der Waals surface area contributed by atoms with E-state index in [1.165, 1.54) is 35.6 Å². The van der Waals surface area contributed by atoms with Crippen LogP contribution in [-0.4, -0.2) is 21.9 Å². The Morgan fingerprint density at radius 2 is 1.92 bits per heavy atom. The molecule has 8 heteroatoms. The number of esters is 1. The van der Waals surface area contributed by atoms with Crippen molar-refractivity contribution in [2.45, 2.75) is 26.4 Å². The Hall–Kier alpha value is -2.87. The molecule has 3 rings (SSSR count). The lowest BCUT2D eigenvalue weighted by Gasteiger charge is -2.01. The Labute approximate surface area is 152 Å². The summed E-state index contributed by atoms with van der Waals surface area (Å²) in [6, 6.07) is 9.24. The van der Waals surface area contributed by atoms with Crippen molar-refractivity contribution < 1.29 is 23.2 Å². The normalized spacial score (nSPS) is 10.7. The highest BCUT2D eigenvalue weighted by atomic mass is 32.1. The molecule has 0 aliphatic carbocycles. The Kier molecular flexibility index (Phi) is 5.52. The number of carbonyl (C=O) groups is 2. The smallest absolute Gasteiger partial charge is 0.306 e. The fourth-order valence-electron chi connectivity index (χ4n) is 2.17. The number of ether oxygens (including phenoxy) is 1. The van der Waals surface area contributed by atoms with Gasteiger partial charge in [0, 0.05) is 16.9 Å². The first-order valence-corrected chi connectivity index (χ1v) is 8.67. The lowest BCUT2D eigenvalue weighted by molar-refractivity contribution is -0.145. The standard InChI is InChI=1S/C18H15FN2O4S/c1-11-2-8-15(26-11)14(22)7-9-17(23)24-10-16-20-18(21-25-16)12-3-5-13(19)6-4-12/h2-6,8H,7,9-10H2,1H3. The van der Waals surface area contributed by atoms with Crippen LogP contribution in [0.1, 0.15) is 33.3 Å². The van der Waals surface area contributed by atoms with Crippen molar-refractivity contribution in [1.82, 2.24) is 10.1 Å². The van der Waals surface area contributed by atoms with Crippen molar-refractivity contribution in [2.24, 2.45) is 0 Å². The van der Waals surface area contributed by atoms with Gasteiger partial charge in [-0.25, -0.2) is 4.39 Å². The Morgan fingerprint density at radius 1 is 1.15 bits per heavy atom. The number of aromatic nitrogens is 2. The number of ketones is 1. The van der Waals surface area contributed by atoms with Crippen LogP contribution in [0.4, 0.5) is 4.39 Å². The summed E-state index contributed by atoms with van der Waals surface area (Å²) >= 11 is 1.40. The topological polar surface area (TPSA) is 82.3 Å². The van der Waals surface area contributed by atoms with Crippen LogP contribution in [-0.2, 0) is 16.1 Å². The van der Waals surface area contributed by atoms with Gasteiger partial charge in [0.25, 0.3) is 5.89 Å². The SMILES string of the molecule is Cc1ccc(C(=O)CCC(=O)OCc2nc(-c3ccc(F)cc3)no2)s1. The van der Waals surface area contributed by atoms with Crippen molar-refractivity contribution >= 4 is 23.1 Å². The van der Waals surface area contributed by atoms with Crippen LogP contribution in [0.2, 0.25) is 0 Å². The van der Waals surface area contributed by atoms with E-state index in [0.717, 1.165) is 4.88 Å². The van der Waals surface area contributed by atoms with Crippen LogP contribution in [0.25, 0.3) is 11.4 Å². The fourth-order valence-corrected chi connectivity index (χ4v) is 3.00. The molecule has 0 atom stereocenters. The van der Waals surface area contributed by atoms with E-state index in [2.05, 4.69) is 10.1 Å². The molecule has 0 fully saturated rings. The maximum absolute atomic E-state index is 12.9. The highest BCUT2D eigenvalue weighted by molar-refractivity contribution is 7.14. The van der Waals surface area contributed by atoms with Crippen LogP contribution in [0.5, 0.6) is 0 Å². The number of carbonyl (C=O) groups excluding carboxylic acids is 2. The van der Waals surface area contributed by atoms with E-state index in [0.29, 0.717) is 10.4 Å². The third kappa shape index (κ3) is 4.60. The Bertz CT molecular complexity index is 917. The number of hydrogen-bond acceptors (Lipinski definition) is 7. The summed E-state index contributed by atoms with van der Waals surface area (Å²) in [6.45, 7) is 1.74. The number of nitrogens with zero attached hydrogens (tertiary/aromatic N) is 2. The second kappa shape index (κ2) is 8.01. The number of hydrogen-bond donors (Lipinski definition) is 0. The minimum Gasteiger partial charge on any atom is -0.456 e. The lowest BCUT2D eigenvalue weighted by Crippen LogP contribution is -2.07. The number of halogens is 1. The van der Waals surface area contributed by atoms with E-state index in [-0.39, 0.29) is 42.8 Å². The molecule has 26 heavy (non-hydrogen) atoms. The Balaban J connectivity index is 1.47. The quantitative estimate of drug-likeness (QED) is 0.460. The number of benzene rings is 1. The van der Waals surface area contributed by atoms with Gasteiger partial charge in [0.05, 0.1) is 11.3 Å². The van der Waals surface area contributed by atoms with Gasteiger partial charge in [0.1, 0.15) is 5.82 Å². The highest BCUT2D eigenvalue weighted by Crippen LogP contribution is 2.18. The van der Waals surface area contributed by atoms with Crippen LogP contribution < -0.4 is 0 Å². The van der Waals surface area contributed by atoms with Crippen LogP contribution in [0.3, 0.4) is 0 Å². The van der Waals surface area contributed by atoms with Crippen molar-refractivity contribution in [3.05, 3.63) is 57.9 Å². The molecule has 0 saturated heterocycles. The van der Waals surface area contributed by atoms with E-state index in [9.17, 15) is 14.0 Å². The van der Waals surface area contributed by atoms with Gasteiger partial charge in [-0.3, -0.25) is 9.59 Å². The number of aryl methyl sites for hydroxylation is 1. The molecular formula is C18H15FN2O4S. The number of Topliss-reactive ketones (excluding diaryl/α,β-unsaturated/α-hetero) is 1. The second-order valence-electron chi connectivity index (χ2n) is 5.51. The third-order valence-corrected chi connectivity index (χ3v) is 4.54. The molecule has 0 radical (unpaired) electrons. The summed E-state index contributed by atoms with van der Waals surface area (Å²) < 4.78 is 23.0. The van der Waals surface area contributed by atoms with Gasteiger partial charge in [0.15, 0.2) is 12.4 Å². The first-order chi connectivity index (χ1) is 12.5. The highest BCUT2D eigenvalue weighted by Gasteiger charge is 2.14. The molecule has 2 heterocycles. The summed E-state index contributed by atoms with van der Waals surface area (Å²) in [5, 5.41) is 3.76. The van der Waals surface area contributed by atoms with Crippen molar-refractivity contribution in [2.75, 3.05) is 0 Å². The van der Waals surface area contributed by atoms with Crippen molar-refractivity contribution in [3.8, 4) is 11.4 Å². The van der Waals surface area contributed by atoms with Gasteiger partial charge in [-0.15, -0.1) is 11.3 Å². The van der Waals surface area contributed by atoms with E-state index in [1.54, 1.807) is 6.07 Å². The molecule has 0 N–H and O–H groups in total. The monoisotopic (exact) mass is 374 g/mol. The minimum atomic E-state index is -0.520. The third-order valence-electron chi connectivity index (χ3n) is 3.50. The molecule has 0 bridgehead atoms. The average molecular weight is 374 g/mol. The van der Waals surface area contributed by atoms with E-state index in [4.69, 9.17) is 9.26 Å². The summed E-state index contributed by atoms with van der Waals surface area (Å²) in [5.74, 6) is -0.569. The van der Waals surface area contributed by atoms with Gasteiger partial charge >= 0.3 is 5.97 Å². The molecule has 134 valence electrons. The van der Waals surface area contributed by atoms with Gasteiger partial charge < -0.3 is 9.26 Å². The molecule has 2 aromatic heterocycles. The van der Waals surface area contributed by atoms with Gasteiger partial charge in [0.2, 0.25) is 5.82 Å². The number of thiophene rings is 1. The minimum absolute atomic E-state index is 0.0191. The molecule has 0 aliphatic rings. The molecule has 0 aliphatic heterocycles. The van der Waals surface area contributed by atoms with E-state index < -0.39 is 5.97 Å². The molecule has 1 aromatic carbocycles. The van der Waals surface area contributed by atoms with Crippen LogP contribution >= 0.6 is 11.3 Å². The zero-order chi connectivity index (χ0) is 18.5. The first kappa shape index (κ1) is 17.9. The van der Waals surface area contributed by atoms with Crippen LogP contribution in [0.15, 0.2) is 40.9 Å². The summed E-state index contributed by atoms with van der Waals surface area (Å²) in [6.07, 6.45) is 0.0676. The fraction of sp³-hybridized carbons (Fsp3) is 0.222. The van der Waals surface area contributed by atoms with Gasteiger partial charge in [-0.1, -0.05) is 5.16 Å². The van der Waals surface area contributed by atoms with E-state index in [1.807, 2.05) is 13.0 Å². The summed E-state index contributed by atoms with van der Waals surface area (Å²) in [5.41, 5.74) is 0.588. The van der Waals surface area contributed by atoms with Gasteiger partial charge in [-0.2, -0.15) is 4.98 Å². The lowest BCUT2D eigenvalue weighted by atomic mass is 10.2. The molecule has 0 saturated carbocycles. The molecular weight excluding hydrogens is 359 g/mol. The second-order valence-corrected chi connectivity index (χ2v) is 6.80. The maximum atomic E-state index is 12.9. The molecule has 6 nitrogen and oxygen atoms in total. The summed E-state index contributed by atoms with van der Waals surface area (Å²) in [7, 11) is 0. The zero-order valence-electron chi connectivity index (χ0n) is 13.9. The summed E-state index contributed by atoms with van der Waals surface area (Å²) in [4.78, 5) is 29.5. The molecule has 3 aromatic rings. The van der Waals surface area contributed by atoms with Gasteiger partial charge in [-0.05, 0) is 43.3 Å². The predicted octanol–water partition coefficient (Wildman–Crippen LogP) is 3.95. The van der Waals surface area contributed by atoms with Crippen molar-refractivity contribution in [3.63, 3.8) is 0 Å². The molecule has 0 unspecified atom stereocenters. The average Bonchev–Trinajstić information content (AvgIpc) is 3.27. The van der Waals surface area contributed by atoms with Crippen LogP contribution in [0, 0.1) is 12.7 Å². The Morgan fingerprint density at radius 3 is 2.62 bits per heavy atom. The predicted molar refractivity (Wildman–Crippen MR) is 92.1 cm³/mol. The zero-order valence-corrected chi connectivity index (χ0v) is 14.7. The van der Waals surface area contributed by atoms with E-state index >= 15 is 0 Å². The molecule has 0 spiro atoms. The van der Waals surface area contributed by atoms with Crippen molar-refractivity contribution in [1.29, 1.82) is 0 Å².